The minimum atomic E-state index is 0.434. The first-order chi connectivity index (χ1) is 6.91. The summed E-state index contributed by atoms with van der Waals surface area (Å²) in [5.74, 6) is 0. The SMILES string of the molecule is CC.CC(C)(C)CNCCCC1(C)CC1. The van der Waals surface area contributed by atoms with Gasteiger partial charge in [0.05, 0.1) is 0 Å². The second-order valence-electron chi connectivity index (χ2n) is 6.15. The average Bonchev–Trinajstić information content (AvgIpc) is 2.85. The van der Waals surface area contributed by atoms with E-state index in [9.17, 15) is 0 Å². The third kappa shape index (κ3) is 8.92. The van der Waals surface area contributed by atoms with Crippen LogP contribution in [0.4, 0.5) is 0 Å². The molecule has 0 aromatic carbocycles. The first-order valence-corrected chi connectivity index (χ1v) is 6.62. The molecule has 1 aliphatic carbocycles. The van der Waals surface area contributed by atoms with E-state index in [1.807, 2.05) is 13.8 Å². The highest BCUT2D eigenvalue weighted by Gasteiger charge is 2.35. The highest BCUT2D eigenvalue weighted by molar-refractivity contribution is 4.88. The van der Waals surface area contributed by atoms with E-state index in [0.717, 1.165) is 12.0 Å². The number of nitrogens with one attached hydrogen (secondary N) is 1. The lowest BCUT2D eigenvalue weighted by Gasteiger charge is -2.19. The standard InChI is InChI=1S/C12H25N.C2H6/c1-11(2,3)10-13-9-5-6-12(4)7-8-12;1-2/h13H,5-10H2,1-4H3;1-2H3. The van der Waals surface area contributed by atoms with Gasteiger partial charge in [-0.3, -0.25) is 0 Å². The molecule has 0 bridgehead atoms. The molecule has 0 radical (unpaired) electrons. The van der Waals surface area contributed by atoms with E-state index in [1.165, 1.54) is 32.2 Å². The number of hydrogen-bond acceptors (Lipinski definition) is 1. The molecule has 1 nitrogen and oxygen atoms in total. The van der Waals surface area contributed by atoms with Crippen molar-refractivity contribution in [1.82, 2.24) is 5.32 Å². The van der Waals surface area contributed by atoms with E-state index in [4.69, 9.17) is 0 Å². The first-order valence-electron chi connectivity index (χ1n) is 6.62. The normalized spacial score (nSPS) is 18.0. The molecule has 1 saturated carbocycles. The van der Waals surface area contributed by atoms with Crippen molar-refractivity contribution in [2.24, 2.45) is 10.8 Å². The van der Waals surface area contributed by atoms with Crippen molar-refractivity contribution in [3.05, 3.63) is 0 Å². The van der Waals surface area contributed by atoms with Gasteiger partial charge in [0.1, 0.15) is 0 Å². The molecule has 0 saturated heterocycles. The summed E-state index contributed by atoms with van der Waals surface area (Å²) in [4.78, 5) is 0. The quantitative estimate of drug-likeness (QED) is 0.674. The maximum absolute atomic E-state index is 3.53. The summed E-state index contributed by atoms with van der Waals surface area (Å²) in [5.41, 5.74) is 1.17. The predicted molar refractivity (Wildman–Crippen MR) is 70.2 cm³/mol. The van der Waals surface area contributed by atoms with E-state index in [2.05, 4.69) is 33.0 Å². The molecule has 1 fully saturated rings. The molecule has 1 rings (SSSR count). The molecular formula is C14H31N. The monoisotopic (exact) mass is 213 g/mol. The van der Waals surface area contributed by atoms with Crippen LogP contribution in [-0.2, 0) is 0 Å². The minimum Gasteiger partial charge on any atom is -0.316 e. The van der Waals surface area contributed by atoms with Crippen molar-refractivity contribution in [1.29, 1.82) is 0 Å². The van der Waals surface area contributed by atoms with Gasteiger partial charge in [-0.25, -0.2) is 0 Å². The van der Waals surface area contributed by atoms with E-state index >= 15 is 0 Å². The van der Waals surface area contributed by atoms with Crippen LogP contribution in [0.15, 0.2) is 0 Å². The van der Waals surface area contributed by atoms with Gasteiger partial charge in [0.15, 0.2) is 0 Å². The molecule has 0 amide bonds. The molecule has 0 unspecified atom stereocenters. The molecule has 15 heavy (non-hydrogen) atoms. The summed E-state index contributed by atoms with van der Waals surface area (Å²) >= 11 is 0. The lowest BCUT2D eigenvalue weighted by Crippen LogP contribution is -2.27. The van der Waals surface area contributed by atoms with Crippen molar-refractivity contribution in [3.63, 3.8) is 0 Å². The lowest BCUT2D eigenvalue weighted by molar-refractivity contribution is 0.371. The van der Waals surface area contributed by atoms with Gasteiger partial charge >= 0.3 is 0 Å². The number of hydrogen-bond donors (Lipinski definition) is 1. The smallest absolute Gasteiger partial charge is 0.0000125 e. The van der Waals surface area contributed by atoms with Crippen LogP contribution in [0.5, 0.6) is 0 Å². The Morgan fingerprint density at radius 3 is 2.07 bits per heavy atom. The predicted octanol–water partition coefficient (Wildman–Crippen LogP) is 4.23. The molecule has 1 heteroatoms. The van der Waals surface area contributed by atoms with Crippen LogP contribution in [-0.4, -0.2) is 13.1 Å². The maximum atomic E-state index is 3.53. The van der Waals surface area contributed by atoms with Gasteiger partial charge in [-0.05, 0) is 49.6 Å². The van der Waals surface area contributed by atoms with E-state index in [-0.39, 0.29) is 0 Å². The van der Waals surface area contributed by atoms with Gasteiger partial charge < -0.3 is 5.32 Å². The second-order valence-corrected chi connectivity index (χ2v) is 6.15. The maximum Gasteiger partial charge on any atom is -0.0000125 e. The fourth-order valence-electron chi connectivity index (χ4n) is 1.57. The Bertz CT molecular complexity index is 144. The van der Waals surface area contributed by atoms with Crippen LogP contribution in [0.2, 0.25) is 0 Å². The van der Waals surface area contributed by atoms with Gasteiger partial charge in [0.25, 0.3) is 0 Å². The Kier molecular flexibility index (Phi) is 6.51. The Morgan fingerprint density at radius 2 is 1.67 bits per heavy atom. The third-order valence-corrected chi connectivity index (χ3v) is 2.89. The average molecular weight is 213 g/mol. The van der Waals surface area contributed by atoms with Crippen LogP contribution in [0.1, 0.15) is 67.2 Å². The van der Waals surface area contributed by atoms with Crippen LogP contribution < -0.4 is 5.32 Å². The zero-order valence-electron chi connectivity index (χ0n) is 11.7. The van der Waals surface area contributed by atoms with Crippen molar-refractivity contribution in [3.8, 4) is 0 Å². The molecular weight excluding hydrogens is 182 g/mol. The van der Waals surface area contributed by atoms with Gasteiger partial charge in [0, 0.05) is 0 Å². The van der Waals surface area contributed by atoms with E-state index in [0.29, 0.717) is 5.41 Å². The zero-order chi connectivity index (χ0) is 11.9. The fraction of sp³-hybridized carbons (Fsp3) is 1.00. The van der Waals surface area contributed by atoms with E-state index in [1.54, 1.807) is 0 Å². The highest BCUT2D eigenvalue weighted by atomic mass is 14.9. The molecule has 0 aromatic rings. The van der Waals surface area contributed by atoms with Gasteiger partial charge in [0.2, 0.25) is 0 Å². The molecule has 1 aliphatic rings. The Hall–Kier alpha value is -0.0400. The first kappa shape index (κ1) is 15.0. The molecule has 0 heterocycles. The van der Waals surface area contributed by atoms with Crippen molar-refractivity contribution in [2.75, 3.05) is 13.1 Å². The Morgan fingerprint density at radius 1 is 1.13 bits per heavy atom. The van der Waals surface area contributed by atoms with Crippen LogP contribution in [0.3, 0.4) is 0 Å². The van der Waals surface area contributed by atoms with Crippen LogP contribution in [0, 0.1) is 10.8 Å². The van der Waals surface area contributed by atoms with Gasteiger partial charge in [-0.1, -0.05) is 41.5 Å². The molecule has 92 valence electrons. The second kappa shape index (κ2) is 6.52. The van der Waals surface area contributed by atoms with Gasteiger partial charge in [-0.2, -0.15) is 0 Å². The third-order valence-electron chi connectivity index (χ3n) is 2.89. The molecule has 1 N–H and O–H groups in total. The van der Waals surface area contributed by atoms with Crippen molar-refractivity contribution in [2.45, 2.75) is 67.2 Å². The summed E-state index contributed by atoms with van der Waals surface area (Å²) in [5, 5.41) is 3.53. The van der Waals surface area contributed by atoms with Crippen LogP contribution in [0.25, 0.3) is 0 Å². The van der Waals surface area contributed by atoms with Crippen molar-refractivity contribution < 1.29 is 0 Å². The fourth-order valence-corrected chi connectivity index (χ4v) is 1.57. The highest BCUT2D eigenvalue weighted by Crippen LogP contribution is 2.48. The minimum absolute atomic E-state index is 0.434. The largest absolute Gasteiger partial charge is 0.316 e. The summed E-state index contributed by atoms with van der Waals surface area (Å²) in [6.07, 6.45) is 5.70. The summed E-state index contributed by atoms with van der Waals surface area (Å²) < 4.78 is 0. The molecule has 0 aromatic heterocycles. The summed E-state index contributed by atoms with van der Waals surface area (Å²) in [6.45, 7) is 15.6. The molecule has 0 aliphatic heterocycles. The Labute approximate surface area is 97.0 Å². The Balaban J connectivity index is 0.000000921. The molecule has 0 atom stereocenters. The summed E-state index contributed by atoms with van der Waals surface area (Å²) in [7, 11) is 0. The topological polar surface area (TPSA) is 12.0 Å². The number of rotatable bonds is 5. The zero-order valence-corrected chi connectivity index (χ0v) is 11.7. The van der Waals surface area contributed by atoms with Crippen LogP contribution >= 0.6 is 0 Å². The summed E-state index contributed by atoms with van der Waals surface area (Å²) in [6, 6.07) is 0. The van der Waals surface area contributed by atoms with E-state index < -0.39 is 0 Å². The van der Waals surface area contributed by atoms with Gasteiger partial charge in [-0.15, -0.1) is 0 Å². The lowest BCUT2D eigenvalue weighted by atomic mass is 9.97. The van der Waals surface area contributed by atoms with Crippen molar-refractivity contribution >= 4 is 0 Å². The molecule has 0 spiro atoms.